The second-order valence-electron chi connectivity index (χ2n) is 9.70. The minimum absolute atomic E-state index is 0.0186. The van der Waals surface area contributed by atoms with Gasteiger partial charge >= 0.3 is 0 Å². The Bertz CT molecular complexity index is 587. The lowest BCUT2D eigenvalue weighted by Gasteiger charge is -2.44. The number of hydrogen-bond acceptors (Lipinski definition) is 8. The summed E-state index contributed by atoms with van der Waals surface area (Å²) in [5, 5.41) is 12.2. The molecule has 4 rings (SSSR count). The van der Waals surface area contributed by atoms with Gasteiger partial charge in [-0.05, 0) is 58.9 Å². The van der Waals surface area contributed by atoms with Crippen LogP contribution in [0.1, 0.15) is 19.3 Å². The molecule has 1 amide bonds. The second-order valence-corrected chi connectivity index (χ2v) is 10.3. The molecule has 6 unspecified atom stereocenters. The van der Waals surface area contributed by atoms with E-state index in [1.54, 1.807) is 0 Å². The lowest BCUT2D eigenvalue weighted by molar-refractivity contribution is -0.128. The highest BCUT2D eigenvalue weighted by Crippen LogP contribution is 2.25. The molecule has 10 heteroatoms. The maximum atomic E-state index is 13.3. The number of hydrogen-bond donors (Lipinski definition) is 5. The van der Waals surface area contributed by atoms with Crippen LogP contribution in [0.25, 0.3) is 0 Å². The van der Waals surface area contributed by atoms with Crippen LogP contribution in [-0.2, 0) is 4.79 Å². The number of nitrogens with two attached hydrogens (primary N) is 1. The molecule has 0 aromatic heterocycles. The van der Waals surface area contributed by atoms with Crippen molar-refractivity contribution in [3.05, 3.63) is 0 Å². The monoisotopic (exact) mass is 442 g/mol. The normalized spacial score (nSPS) is 39.2. The Hall–Kier alpha value is -0.520. The van der Waals surface area contributed by atoms with Crippen molar-refractivity contribution in [2.45, 2.75) is 49.1 Å². The topological polar surface area (TPSA) is 101 Å². The summed E-state index contributed by atoms with van der Waals surface area (Å²) in [7, 11) is 4.31. The van der Waals surface area contributed by atoms with Crippen molar-refractivity contribution in [2.75, 3.05) is 59.9 Å². The molecular formula is C20H39ClN8O. The summed E-state index contributed by atoms with van der Waals surface area (Å²) in [6.07, 6.45) is 3.04. The Morgan fingerprint density at radius 3 is 2.73 bits per heavy atom. The molecule has 4 aliphatic heterocycles. The fourth-order valence-corrected chi connectivity index (χ4v) is 5.91. The molecule has 4 aliphatic rings. The standard InChI is InChI=1S/C20H39ClN8O/c1-27(2)11-13-4-7-28(8-5-13)16-3-6-23-10-15(16)25-20(30)17-18(22)26-29-12-14(21)9-24-19(17)29/h13-19,23-24,26H,3-12,22H2,1-2H3,(H,25,30). The van der Waals surface area contributed by atoms with Crippen molar-refractivity contribution in [1.82, 2.24) is 36.2 Å². The zero-order valence-electron chi connectivity index (χ0n) is 18.3. The molecule has 172 valence electrons. The number of alkyl halides is 1. The van der Waals surface area contributed by atoms with Gasteiger partial charge in [0.05, 0.1) is 29.7 Å². The Kier molecular flexibility index (Phi) is 7.52. The van der Waals surface area contributed by atoms with E-state index in [0.29, 0.717) is 19.1 Å². The second kappa shape index (κ2) is 9.95. The first-order valence-corrected chi connectivity index (χ1v) is 11.9. The first-order chi connectivity index (χ1) is 14.4. The van der Waals surface area contributed by atoms with Crippen molar-refractivity contribution in [3.63, 3.8) is 0 Å². The molecule has 4 fully saturated rings. The average Bonchev–Trinajstić information content (AvgIpc) is 3.03. The molecule has 4 heterocycles. The molecule has 0 spiro atoms. The summed E-state index contributed by atoms with van der Waals surface area (Å²) in [4.78, 5) is 18.2. The van der Waals surface area contributed by atoms with Crippen LogP contribution in [0.15, 0.2) is 0 Å². The Morgan fingerprint density at radius 1 is 1.23 bits per heavy atom. The van der Waals surface area contributed by atoms with Gasteiger partial charge in [-0.2, -0.15) is 0 Å². The van der Waals surface area contributed by atoms with Gasteiger partial charge in [-0.15, -0.1) is 11.6 Å². The van der Waals surface area contributed by atoms with Crippen LogP contribution in [-0.4, -0.2) is 110 Å². The van der Waals surface area contributed by atoms with Crippen LogP contribution in [0.4, 0.5) is 0 Å². The van der Waals surface area contributed by atoms with Crippen molar-refractivity contribution in [3.8, 4) is 0 Å². The van der Waals surface area contributed by atoms with Crippen LogP contribution in [0.5, 0.6) is 0 Å². The van der Waals surface area contributed by atoms with Crippen LogP contribution < -0.4 is 27.1 Å². The van der Waals surface area contributed by atoms with E-state index in [-0.39, 0.29) is 29.4 Å². The van der Waals surface area contributed by atoms with Gasteiger partial charge in [0.25, 0.3) is 0 Å². The Labute approximate surface area is 185 Å². The quantitative estimate of drug-likeness (QED) is 0.323. The van der Waals surface area contributed by atoms with Crippen LogP contribution in [0.2, 0.25) is 0 Å². The Balaban J connectivity index is 1.35. The van der Waals surface area contributed by atoms with Gasteiger partial charge in [0.15, 0.2) is 0 Å². The third kappa shape index (κ3) is 5.10. The van der Waals surface area contributed by atoms with Gasteiger partial charge in [0, 0.05) is 32.2 Å². The summed E-state index contributed by atoms with van der Waals surface area (Å²) in [6, 6.07) is 0.506. The Morgan fingerprint density at radius 2 is 2.00 bits per heavy atom. The highest BCUT2D eigenvalue weighted by atomic mass is 35.5. The highest BCUT2D eigenvalue weighted by molar-refractivity contribution is 6.21. The molecule has 0 aromatic carbocycles. The SMILES string of the molecule is CN(C)CC1CCN(C2CCNCC2NC(=O)C2C(N)NN3CC(Cl)CNC23)CC1. The van der Waals surface area contributed by atoms with Gasteiger partial charge in [-0.3, -0.25) is 15.0 Å². The van der Waals surface area contributed by atoms with Gasteiger partial charge < -0.3 is 21.3 Å². The van der Waals surface area contributed by atoms with E-state index in [4.69, 9.17) is 17.3 Å². The molecule has 0 aromatic rings. The van der Waals surface area contributed by atoms with E-state index in [1.165, 1.54) is 19.4 Å². The number of amides is 1. The molecule has 9 nitrogen and oxygen atoms in total. The minimum Gasteiger partial charge on any atom is -0.350 e. The predicted molar refractivity (Wildman–Crippen MR) is 119 cm³/mol. The number of likely N-dealkylation sites (tertiary alicyclic amines) is 1. The highest BCUT2D eigenvalue weighted by Gasteiger charge is 2.47. The van der Waals surface area contributed by atoms with Gasteiger partial charge in [0.2, 0.25) is 5.91 Å². The predicted octanol–water partition coefficient (Wildman–Crippen LogP) is -1.64. The number of carbonyl (C=O) groups excluding carboxylic acids is 1. The lowest BCUT2D eigenvalue weighted by atomic mass is 9.91. The summed E-state index contributed by atoms with van der Waals surface area (Å²) in [6.45, 7) is 6.61. The third-order valence-corrected chi connectivity index (χ3v) is 7.43. The summed E-state index contributed by atoms with van der Waals surface area (Å²) >= 11 is 6.25. The molecule has 0 bridgehead atoms. The number of carbonyl (C=O) groups is 1. The largest absolute Gasteiger partial charge is 0.350 e. The van der Waals surface area contributed by atoms with Gasteiger partial charge in [-0.25, -0.2) is 10.4 Å². The van der Waals surface area contributed by atoms with E-state index in [2.05, 4.69) is 45.3 Å². The van der Waals surface area contributed by atoms with E-state index in [0.717, 1.165) is 38.5 Å². The molecule has 6 atom stereocenters. The van der Waals surface area contributed by atoms with E-state index in [1.807, 2.05) is 5.01 Å². The molecule has 6 N–H and O–H groups in total. The first kappa shape index (κ1) is 22.7. The van der Waals surface area contributed by atoms with E-state index in [9.17, 15) is 4.79 Å². The number of rotatable bonds is 5. The van der Waals surface area contributed by atoms with Crippen molar-refractivity contribution in [1.29, 1.82) is 0 Å². The number of nitrogens with zero attached hydrogens (tertiary/aromatic N) is 3. The maximum Gasteiger partial charge on any atom is 0.229 e. The smallest absolute Gasteiger partial charge is 0.229 e. The van der Waals surface area contributed by atoms with E-state index >= 15 is 0 Å². The fraction of sp³-hybridized carbons (Fsp3) is 0.950. The fourth-order valence-electron chi connectivity index (χ4n) is 5.67. The summed E-state index contributed by atoms with van der Waals surface area (Å²) < 4.78 is 0. The van der Waals surface area contributed by atoms with Crippen LogP contribution >= 0.6 is 11.6 Å². The molecule has 0 saturated carbocycles. The molecular weight excluding hydrogens is 404 g/mol. The van der Waals surface area contributed by atoms with Crippen molar-refractivity contribution < 1.29 is 4.79 Å². The van der Waals surface area contributed by atoms with Crippen LogP contribution in [0.3, 0.4) is 0 Å². The number of piperidine rings is 2. The average molecular weight is 443 g/mol. The van der Waals surface area contributed by atoms with E-state index < -0.39 is 6.17 Å². The summed E-state index contributed by atoms with van der Waals surface area (Å²) in [5.74, 6) is 0.481. The number of hydrazine groups is 1. The minimum atomic E-state index is -0.402. The zero-order valence-corrected chi connectivity index (χ0v) is 19.1. The number of fused-ring (bicyclic) bond motifs is 1. The van der Waals surface area contributed by atoms with Gasteiger partial charge in [-0.1, -0.05) is 0 Å². The van der Waals surface area contributed by atoms with Crippen molar-refractivity contribution >= 4 is 17.5 Å². The maximum absolute atomic E-state index is 13.3. The number of nitrogens with one attached hydrogen (secondary N) is 4. The third-order valence-electron chi connectivity index (χ3n) is 7.14. The van der Waals surface area contributed by atoms with Gasteiger partial charge in [0.1, 0.15) is 0 Å². The molecule has 4 saturated heterocycles. The number of halogens is 1. The van der Waals surface area contributed by atoms with Crippen molar-refractivity contribution in [2.24, 2.45) is 17.6 Å². The first-order valence-electron chi connectivity index (χ1n) is 11.5. The molecule has 30 heavy (non-hydrogen) atoms. The molecule has 0 aliphatic carbocycles. The summed E-state index contributed by atoms with van der Waals surface area (Å²) in [5.41, 5.74) is 9.52. The van der Waals surface area contributed by atoms with Crippen LogP contribution in [0, 0.1) is 11.8 Å². The lowest BCUT2D eigenvalue weighted by Crippen LogP contribution is -2.63. The molecule has 0 radical (unpaired) electrons. The zero-order chi connectivity index (χ0) is 21.3.